The van der Waals surface area contributed by atoms with Crippen LogP contribution in [0, 0.1) is 6.92 Å². The van der Waals surface area contributed by atoms with E-state index in [1.807, 2.05) is 31.2 Å². The van der Waals surface area contributed by atoms with Crippen molar-refractivity contribution < 1.29 is 9.59 Å². The Morgan fingerprint density at radius 3 is 2.66 bits per heavy atom. The maximum atomic E-state index is 13.2. The third-order valence-corrected chi connectivity index (χ3v) is 6.19. The first-order valence-electron chi connectivity index (χ1n) is 11.6. The number of carbonyl (C=O) groups excluding carboxylic acids is 2. The summed E-state index contributed by atoms with van der Waals surface area (Å²) < 4.78 is 1.70. The van der Waals surface area contributed by atoms with Crippen LogP contribution >= 0.6 is 11.6 Å². The van der Waals surface area contributed by atoms with Gasteiger partial charge in [0.2, 0.25) is 5.91 Å². The maximum absolute atomic E-state index is 13.2. The number of amides is 2. The molecule has 0 bridgehead atoms. The summed E-state index contributed by atoms with van der Waals surface area (Å²) >= 11 is 5.87. The van der Waals surface area contributed by atoms with Gasteiger partial charge in [0.1, 0.15) is 0 Å². The Hall–Kier alpha value is -3.78. The number of aryl methyl sites for hydroxylation is 1. The molecule has 3 aromatic heterocycles. The number of halogens is 1. The summed E-state index contributed by atoms with van der Waals surface area (Å²) in [5.41, 5.74) is 3.51. The van der Waals surface area contributed by atoms with Crippen LogP contribution in [0.2, 0.25) is 5.02 Å². The van der Waals surface area contributed by atoms with Gasteiger partial charge in [-0.1, -0.05) is 17.7 Å². The molecule has 35 heavy (non-hydrogen) atoms. The van der Waals surface area contributed by atoms with Crippen molar-refractivity contribution in [2.75, 3.05) is 11.9 Å². The van der Waals surface area contributed by atoms with Crippen molar-refractivity contribution in [3.05, 3.63) is 76.7 Å². The quantitative estimate of drug-likeness (QED) is 0.347. The molecule has 5 rings (SSSR count). The monoisotopic (exact) mass is 488 g/mol. The molecule has 3 heterocycles. The number of fused-ring (bicyclic) bond motifs is 1. The third kappa shape index (κ3) is 5.17. The van der Waals surface area contributed by atoms with Crippen molar-refractivity contribution in [2.24, 2.45) is 0 Å². The lowest BCUT2D eigenvalue weighted by molar-refractivity contribution is -0.116. The minimum atomic E-state index is -0.193. The van der Waals surface area contributed by atoms with Crippen molar-refractivity contribution >= 4 is 40.1 Å². The van der Waals surface area contributed by atoms with Gasteiger partial charge in [0, 0.05) is 41.5 Å². The maximum Gasteiger partial charge on any atom is 0.252 e. The Morgan fingerprint density at radius 1 is 1.14 bits per heavy atom. The van der Waals surface area contributed by atoms with Gasteiger partial charge >= 0.3 is 0 Å². The van der Waals surface area contributed by atoms with Crippen molar-refractivity contribution in [3.8, 4) is 5.82 Å². The van der Waals surface area contributed by atoms with Crippen LogP contribution in [0.4, 0.5) is 5.69 Å². The Bertz CT molecular complexity index is 1380. The molecule has 9 heteroatoms. The molecule has 1 fully saturated rings. The van der Waals surface area contributed by atoms with Crippen LogP contribution in [0.5, 0.6) is 0 Å². The molecule has 0 spiro atoms. The lowest BCUT2D eigenvalue weighted by Gasteiger charge is -2.10. The zero-order valence-corrected chi connectivity index (χ0v) is 20.0. The van der Waals surface area contributed by atoms with E-state index < -0.39 is 0 Å². The van der Waals surface area contributed by atoms with Gasteiger partial charge in [-0.15, -0.1) is 0 Å². The van der Waals surface area contributed by atoms with E-state index >= 15 is 0 Å². The summed E-state index contributed by atoms with van der Waals surface area (Å²) in [5.74, 6) is 0.719. The first-order valence-corrected chi connectivity index (χ1v) is 12.0. The fourth-order valence-electron chi connectivity index (χ4n) is 4.02. The fraction of sp³-hybridized carbons (Fsp3) is 0.269. The first-order chi connectivity index (χ1) is 17.0. The van der Waals surface area contributed by atoms with E-state index in [4.69, 9.17) is 16.6 Å². The number of anilines is 1. The Labute approximate surface area is 207 Å². The van der Waals surface area contributed by atoms with Gasteiger partial charge in [0.25, 0.3) is 5.91 Å². The first kappa shape index (κ1) is 23.0. The molecule has 0 atom stereocenters. The Morgan fingerprint density at radius 2 is 1.94 bits per heavy atom. The number of aromatic nitrogens is 4. The molecule has 0 unspecified atom stereocenters. The second-order valence-corrected chi connectivity index (χ2v) is 9.10. The van der Waals surface area contributed by atoms with Crippen LogP contribution in [0.3, 0.4) is 0 Å². The molecule has 0 radical (unpaired) electrons. The summed E-state index contributed by atoms with van der Waals surface area (Å²) in [6.07, 6.45) is 4.65. The molecule has 4 aromatic rings. The van der Waals surface area contributed by atoms with Gasteiger partial charge in [0.15, 0.2) is 11.5 Å². The number of carbonyl (C=O) groups is 2. The number of pyridine rings is 2. The van der Waals surface area contributed by atoms with E-state index in [-0.39, 0.29) is 11.8 Å². The highest BCUT2D eigenvalue weighted by atomic mass is 35.5. The molecule has 178 valence electrons. The van der Waals surface area contributed by atoms with Gasteiger partial charge in [-0.25, -0.2) is 9.97 Å². The minimum absolute atomic E-state index is 0.114. The molecular formula is C26H25ClN6O2. The van der Waals surface area contributed by atoms with Gasteiger partial charge in [0.05, 0.1) is 16.6 Å². The summed E-state index contributed by atoms with van der Waals surface area (Å²) in [6.45, 7) is 2.25. The number of benzene rings is 1. The highest BCUT2D eigenvalue weighted by molar-refractivity contribution is 6.30. The van der Waals surface area contributed by atoms with Crippen LogP contribution < -0.4 is 10.6 Å². The van der Waals surface area contributed by atoms with E-state index in [0.29, 0.717) is 58.7 Å². The van der Waals surface area contributed by atoms with Crippen molar-refractivity contribution in [3.63, 3.8) is 0 Å². The highest BCUT2D eigenvalue weighted by Crippen LogP contribution is 2.40. The van der Waals surface area contributed by atoms with Crippen LogP contribution in [0.25, 0.3) is 16.9 Å². The van der Waals surface area contributed by atoms with Gasteiger partial charge in [-0.05, 0) is 68.7 Å². The Kier molecular flexibility index (Phi) is 6.46. The van der Waals surface area contributed by atoms with Gasteiger partial charge in [-0.2, -0.15) is 9.78 Å². The average Bonchev–Trinajstić information content (AvgIpc) is 3.67. The number of hydrogen-bond donors (Lipinski definition) is 2. The molecule has 2 N–H and O–H groups in total. The van der Waals surface area contributed by atoms with E-state index in [1.54, 1.807) is 35.1 Å². The zero-order valence-electron chi connectivity index (χ0n) is 19.3. The normalized spacial score (nSPS) is 13.1. The van der Waals surface area contributed by atoms with E-state index in [9.17, 15) is 9.59 Å². The predicted molar refractivity (Wildman–Crippen MR) is 135 cm³/mol. The number of nitrogens with one attached hydrogen (secondary N) is 2. The predicted octanol–water partition coefficient (Wildman–Crippen LogP) is 4.80. The second kappa shape index (κ2) is 9.84. The van der Waals surface area contributed by atoms with Crippen LogP contribution in [-0.2, 0) is 4.79 Å². The zero-order chi connectivity index (χ0) is 24.4. The molecule has 8 nitrogen and oxygen atoms in total. The number of hydrogen-bond acceptors (Lipinski definition) is 5. The minimum Gasteiger partial charge on any atom is -0.352 e. The summed E-state index contributed by atoms with van der Waals surface area (Å²) in [7, 11) is 0. The van der Waals surface area contributed by atoms with Crippen molar-refractivity contribution in [1.82, 2.24) is 25.1 Å². The molecule has 1 saturated carbocycles. The second-order valence-electron chi connectivity index (χ2n) is 8.67. The topological polar surface area (TPSA) is 102 Å². The number of rotatable bonds is 8. The van der Waals surface area contributed by atoms with Gasteiger partial charge in [-0.3, -0.25) is 9.59 Å². The summed E-state index contributed by atoms with van der Waals surface area (Å²) in [6, 6.07) is 14.4. The van der Waals surface area contributed by atoms with Gasteiger partial charge < -0.3 is 10.6 Å². The third-order valence-electron chi connectivity index (χ3n) is 5.93. The van der Waals surface area contributed by atoms with Crippen LogP contribution in [0.15, 0.2) is 54.7 Å². The van der Waals surface area contributed by atoms with Crippen LogP contribution in [-0.4, -0.2) is 38.1 Å². The van der Waals surface area contributed by atoms with Crippen molar-refractivity contribution in [2.45, 2.75) is 38.5 Å². The smallest absolute Gasteiger partial charge is 0.252 e. The molecular weight excluding hydrogens is 464 g/mol. The number of nitrogens with zero attached hydrogens (tertiary/aromatic N) is 4. The van der Waals surface area contributed by atoms with E-state index in [0.717, 1.165) is 23.9 Å². The molecule has 1 aliphatic rings. The van der Waals surface area contributed by atoms with E-state index in [1.165, 1.54) is 0 Å². The summed E-state index contributed by atoms with van der Waals surface area (Å²) in [4.78, 5) is 34.7. The lowest BCUT2D eigenvalue weighted by atomic mass is 10.1. The standard InChI is InChI=1S/C26H25ClN6O2/c1-16-24-20(26(35)29-14-4-6-23(34)30-19-11-9-18(27)10-12-19)15-21(17-7-8-17)31-25(24)33(32-16)22-5-2-3-13-28-22/h2-3,5,9-13,15,17H,4,6-8,14H2,1H3,(H,29,35)(H,30,34). The lowest BCUT2D eigenvalue weighted by Crippen LogP contribution is -2.26. The fourth-order valence-corrected chi connectivity index (χ4v) is 4.14. The SMILES string of the molecule is Cc1nn(-c2ccccn2)c2nc(C3CC3)cc(C(=O)NCCCC(=O)Nc3ccc(Cl)cc3)c12. The molecule has 2 amide bonds. The van der Waals surface area contributed by atoms with Crippen LogP contribution in [0.1, 0.15) is 53.3 Å². The average molecular weight is 489 g/mol. The van der Waals surface area contributed by atoms with Crippen molar-refractivity contribution in [1.29, 1.82) is 0 Å². The molecule has 1 aromatic carbocycles. The Balaban J connectivity index is 1.30. The largest absolute Gasteiger partial charge is 0.352 e. The van der Waals surface area contributed by atoms with E-state index in [2.05, 4.69) is 20.7 Å². The molecule has 0 saturated heterocycles. The molecule has 1 aliphatic carbocycles. The molecule has 0 aliphatic heterocycles. The summed E-state index contributed by atoms with van der Waals surface area (Å²) in [5, 5.41) is 11.8. The highest BCUT2D eigenvalue weighted by Gasteiger charge is 2.29.